The van der Waals surface area contributed by atoms with E-state index in [2.05, 4.69) is 5.32 Å². The Kier molecular flexibility index (Phi) is 7.54. The number of carbonyl (C=O) groups excluding carboxylic acids is 1. The highest BCUT2D eigenvalue weighted by Gasteiger charge is 2.24. The molecule has 23 heavy (non-hydrogen) atoms. The van der Waals surface area contributed by atoms with Gasteiger partial charge < -0.3 is 20.1 Å². The molecule has 1 amide bonds. The zero-order chi connectivity index (χ0) is 17.4. The van der Waals surface area contributed by atoms with Crippen LogP contribution in [0.3, 0.4) is 0 Å². The maximum atomic E-state index is 12.1. The normalized spacial score (nSPS) is 13.7. The van der Waals surface area contributed by atoms with Gasteiger partial charge >= 0.3 is 12.1 Å². The fraction of sp³-hybridized carbons (Fsp3) is 0.529. The maximum Gasteiger partial charge on any atom is 0.408 e. The van der Waals surface area contributed by atoms with Crippen LogP contribution in [0.4, 0.5) is 4.79 Å². The van der Waals surface area contributed by atoms with Gasteiger partial charge in [0.1, 0.15) is 12.1 Å². The lowest BCUT2D eigenvalue weighted by Crippen LogP contribution is -2.42. The lowest BCUT2D eigenvalue weighted by molar-refractivity contribution is -0.139. The smallest absolute Gasteiger partial charge is 0.408 e. The number of nitrogens with zero attached hydrogens (tertiary/aromatic N) is 1. The Morgan fingerprint density at radius 3 is 2.30 bits per heavy atom. The Hall–Kier alpha value is -2.08. The van der Waals surface area contributed by atoms with Crippen LogP contribution in [0, 0.1) is 5.92 Å². The second-order valence-corrected chi connectivity index (χ2v) is 6.23. The number of nitrogens with one attached hydrogen (secondary N) is 1. The van der Waals surface area contributed by atoms with Crippen molar-refractivity contribution in [1.82, 2.24) is 10.2 Å². The second-order valence-electron chi connectivity index (χ2n) is 6.23. The number of amides is 1. The minimum Gasteiger partial charge on any atom is -0.480 e. The van der Waals surface area contributed by atoms with Crippen molar-refractivity contribution in [2.75, 3.05) is 20.6 Å². The number of alkyl carbamates (subject to hydrolysis) is 1. The topological polar surface area (TPSA) is 78.9 Å². The first-order chi connectivity index (χ1) is 10.8. The van der Waals surface area contributed by atoms with E-state index in [1.807, 2.05) is 63.2 Å². The molecule has 0 heterocycles. The first kappa shape index (κ1) is 19.0. The molecule has 0 saturated heterocycles. The Morgan fingerprint density at radius 1 is 1.22 bits per heavy atom. The van der Waals surface area contributed by atoms with Crippen LogP contribution in [0.2, 0.25) is 0 Å². The summed E-state index contributed by atoms with van der Waals surface area (Å²) >= 11 is 0. The van der Waals surface area contributed by atoms with Gasteiger partial charge in [-0.2, -0.15) is 0 Å². The number of rotatable bonds is 8. The fourth-order valence-corrected chi connectivity index (χ4v) is 2.21. The van der Waals surface area contributed by atoms with Gasteiger partial charge in [-0.25, -0.2) is 9.59 Å². The van der Waals surface area contributed by atoms with Crippen LogP contribution in [0.1, 0.15) is 31.9 Å². The lowest BCUT2D eigenvalue weighted by Gasteiger charge is -2.23. The van der Waals surface area contributed by atoms with Gasteiger partial charge in [0.2, 0.25) is 0 Å². The summed E-state index contributed by atoms with van der Waals surface area (Å²) in [5.41, 5.74) is 0.868. The third-order valence-electron chi connectivity index (χ3n) is 3.25. The van der Waals surface area contributed by atoms with Crippen molar-refractivity contribution in [3.05, 3.63) is 35.9 Å². The molecule has 1 rings (SSSR count). The molecule has 0 radical (unpaired) electrons. The van der Waals surface area contributed by atoms with Gasteiger partial charge in [-0.3, -0.25) is 0 Å². The Balaban J connectivity index is 2.74. The Morgan fingerprint density at radius 2 is 1.83 bits per heavy atom. The SMILES string of the molecule is CC(C)C[C@H](NC(=O)OC(CN(C)C)c1ccccc1)C(=O)O. The fourth-order valence-electron chi connectivity index (χ4n) is 2.21. The number of ether oxygens (including phenoxy) is 1. The number of hydrogen-bond acceptors (Lipinski definition) is 4. The average Bonchev–Trinajstić information content (AvgIpc) is 2.45. The average molecular weight is 322 g/mol. The molecule has 0 spiro atoms. The summed E-state index contributed by atoms with van der Waals surface area (Å²) in [6, 6.07) is 8.45. The summed E-state index contributed by atoms with van der Waals surface area (Å²) in [5, 5.41) is 11.6. The van der Waals surface area contributed by atoms with Gasteiger partial charge in [0.25, 0.3) is 0 Å². The van der Waals surface area contributed by atoms with Gasteiger partial charge in [-0.05, 0) is 32.0 Å². The molecular weight excluding hydrogens is 296 g/mol. The molecule has 0 bridgehead atoms. The number of benzene rings is 1. The van der Waals surface area contributed by atoms with E-state index in [1.165, 1.54) is 0 Å². The van der Waals surface area contributed by atoms with Crippen LogP contribution >= 0.6 is 0 Å². The standard InChI is InChI=1S/C17H26N2O4/c1-12(2)10-14(16(20)21)18-17(22)23-15(11-19(3)4)13-8-6-5-7-9-13/h5-9,12,14-15H,10-11H2,1-4H3,(H,18,22)(H,20,21)/t14-,15?/m0/s1. The van der Waals surface area contributed by atoms with Crippen LogP contribution in [-0.4, -0.2) is 48.8 Å². The molecule has 1 aromatic rings. The van der Waals surface area contributed by atoms with Crippen LogP contribution in [0.15, 0.2) is 30.3 Å². The van der Waals surface area contributed by atoms with Crippen molar-refractivity contribution >= 4 is 12.1 Å². The van der Waals surface area contributed by atoms with E-state index in [4.69, 9.17) is 4.74 Å². The van der Waals surface area contributed by atoms with E-state index in [0.717, 1.165) is 5.56 Å². The molecule has 1 unspecified atom stereocenters. The molecule has 0 fully saturated rings. The van der Waals surface area contributed by atoms with Crippen LogP contribution < -0.4 is 5.32 Å². The van der Waals surface area contributed by atoms with Gasteiger partial charge in [0.05, 0.1) is 0 Å². The summed E-state index contributed by atoms with van der Waals surface area (Å²) in [7, 11) is 3.77. The quantitative estimate of drug-likeness (QED) is 0.769. The van der Waals surface area contributed by atoms with E-state index >= 15 is 0 Å². The van der Waals surface area contributed by atoms with Crippen molar-refractivity contribution in [2.24, 2.45) is 5.92 Å². The molecule has 128 valence electrons. The van der Waals surface area contributed by atoms with Crippen molar-refractivity contribution in [3.63, 3.8) is 0 Å². The van der Waals surface area contributed by atoms with Gasteiger partial charge in [-0.15, -0.1) is 0 Å². The van der Waals surface area contributed by atoms with E-state index in [-0.39, 0.29) is 5.92 Å². The molecule has 0 aliphatic heterocycles. The highest BCUT2D eigenvalue weighted by atomic mass is 16.6. The zero-order valence-electron chi connectivity index (χ0n) is 14.2. The summed E-state index contributed by atoms with van der Waals surface area (Å²) in [6.07, 6.45) is -0.817. The predicted octanol–water partition coefficient (Wildman–Crippen LogP) is 2.51. The van der Waals surface area contributed by atoms with E-state index in [9.17, 15) is 14.7 Å². The van der Waals surface area contributed by atoms with Crippen molar-refractivity contribution in [1.29, 1.82) is 0 Å². The Bertz CT molecular complexity index is 503. The summed E-state index contributed by atoms with van der Waals surface area (Å²) in [5.74, 6) is -0.900. The molecular formula is C17H26N2O4. The number of carboxylic acids is 1. The summed E-state index contributed by atoms with van der Waals surface area (Å²) < 4.78 is 5.45. The largest absolute Gasteiger partial charge is 0.480 e. The third kappa shape index (κ3) is 7.15. The van der Waals surface area contributed by atoms with Crippen LogP contribution in [0.25, 0.3) is 0 Å². The van der Waals surface area contributed by atoms with Crippen molar-refractivity contribution in [3.8, 4) is 0 Å². The minimum atomic E-state index is -1.06. The van der Waals surface area contributed by atoms with E-state index in [1.54, 1.807) is 0 Å². The van der Waals surface area contributed by atoms with Crippen molar-refractivity contribution in [2.45, 2.75) is 32.4 Å². The van der Waals surface area contributed by atoms with E-state index < -0.39 is 24.2 Å². The Labute approximate surface area is 137 Å². The molecule has 0 aliphatic carbocycles. The molecule has 6 heteroatoms. The lowest BCUT2D eigenvalue weighted by atomic mass is 10.0. The second kappa shape index (κ2) is 9.15. The maximum absolute atomic E-state index is 12.1. The number of hydrogen-bond donors (Lipinski definition) is 2. The third-order valence-corrected chi connectivity index (χ3v) is 3.25. The van der Waals surface area contributed by atoms with Crippen LogP contribution in [0.5, 0.6) is 0 Å². The first-order valence-corrected chi connectivity index (χ1v) is 7.69. The summed E-state index contributed by atoms with van der Waals surface area (Å²) in [6.45, 7) is 4.32. The highest BCUT2D eigenvalue weighted by Crippen LogP contribution is 2.18. The monoisotopic (exact) mass is 322 g/mol. The van der Waals surface area contributed by atoms with Gasteiger partial charge in [0, 0.05) is 6.54 Å². The molecule has 0 aromatic heterocycles. The molecule has 2 atom stereocenters. The molecule has 6 nitrogen and oxygen atoms in total. The minimum absolute atomic E-state index is 0.156. The number of aliphatic carboxylic acids is 1. The number of carboxylic acid groups (broad SMARTS) is 1. The molecule has 0 saturated carbocycles. The van der Waals surface area contributed by atoms with Gasteiger partial charge in [-0.1, -0.05) is 44.2 Å². The van der Waals surface area contributed by atoms with Gasteiger partial charge in [0.15, 0.2) is 0 Å². The molecule has 2 N–H and O–H groups in total. The molecule has 1 aromatic carbocycles. The number of likely N-dealkylation sites (N-methyl/N-ethyl adjacent to an activating group) is 1. The summed E-state index contributed by atoms with van der Waals surface area (Å²) in [4.78, 5) is 25.2. The van der Waals surface area contributed by atoms with Crippen LogP contribution in [-0.2, 0) is 9.53 Å². The highest BCUT2D eigenvalue weighted by molar-refractivity contribution is 5.79. The first-order valence-electron chi connectivity index (χ1n) is 7.69. The predicted molar refractivity (Wildman–Crippen MR) is 88.2 cm³/mol. The van der Waals surface area contributed by atoms with Crippen molar-refractivity contribution < 1.29 is 19.4 Å². The van der Waals surface area contributed by atoms with E-state index in [0.29, 0.717) is 13.0 Å². The molecule has 0 aliphatic rings. The zero-order valence-corrected chi connectivity index (χ0v) is 14.2. The number of carbonyl (C=O) groups is 2.